The molecule has 1 atom stereocenters. The molecule has 1 aromatic carbocycles. The number of carbonyl (C=O) groups is 1. The molecule has 5 nitrogen and oxygen atoms in total. The van der Waals surface area contributed by atoms with E-state index in [1.54, 1.807) is 23.1 Å². The summed E-state index contributed by atoms with van der Waals surface area (Å²) in [5, 5.41) is 8.78. The molecule has 1 heterocycles. The van der Waals surface area contributed by atoms with Crippen LogP contribution in [0, 0.1) is 11.3 Å². The van der Waals surface area contributed by atoms with E-state index in [1.807, 2.05) is 18.2 Å². The molecule has 1 unspecified atom stereocenters. The first-order valence-corrected chi connectivity index (χ1v) is 6.03. The lowest BCUT2D eigenvalue weighted by molar-refractivity contribution is -0.131. The quantitative estimate of drug-likeness (QED) is 0.634. The van der Waals surface area contributed by atoms with Gasteiger partial charge in [-0.25, -0.2) is 0 Å². The lowest BCUT2D eigenvalue weighted by Gasteiger charge is -2.28. The minimum atomic E-state index is -0.525. The van der Waals surface area contributed by atoms with Crippen molar-refractivity contribution in [3.63, 3.8) is 0 Å². The summed E-state index contributed by atoms with van der Waals surface area (Å²) in [6, 6.07) is 9.27. The highest BCUT2D eigenvalue weighted by Gasteiger charge is 2.22. The van der Waals surface area contributed by atoms with Gasteiger partial charge >= 0.3 is 0 Å². The number of rotatable bonds is 2. The number of morpholine rings is 1. The van der Waals surface area contributed by atoms with Crippen LogP contribution >= 0.6 is 0 Å². The van der Waals surface area contributed by atoms with Gasteiger partial charge in [-0.05, 0) is 23.8 Å². The van der Waals surface area contributed by atoms with E-state index in [4.69, 9.17) is 15.7 Å². The van der Waals surface area contributed by atoms with Crippen LogP contribution in [-0.4, -0.2) is 36.6 Å². The number of hydrogen-bond acceptors (Lipinski definition) is 4. The number of nitrogen functional groups attached to an aromatic ring is 1. The minimum Gasteiger partial charge on any atom is -0.399 e. The van der Waals surface area contributed by atoms with Gasteiger partial charge in [0.25, 0.3) is 0 Å². The van der Waals surface area contributed by atoms with Crippen molar-refractivity contribution in [2.75, 3.05) is 25.4 Å². The van der Waals surface area contributed by atoms with Crippen LogP contribution < -0.4 is 5.73 Å². The Morgan fingerprint density at radius 2 is 2.21 bits per heavy atom. The van der Waals surface area contributed by atoms with Gasteiger partial charge in [0.1, 0.15) is 0 Å². The molecule has 1 aliphatic heterocycles. The van der Waals surface area contributed by atoms with Crippen LogP contribution in [0.15, 0.2) is 30.3 Å². The molecule has 2 N–H and O–H groups in total. The van der Waals surface area contributed by atoms with Gasteiger partial charge in [-0.1, -0.05) is 12.1 Å². The van der Waals surface area contributed by atoms with E-state index in [9.17, 15) is 4.79 Å². The van der Waals surface area contributed by atoms with E-state index in [0.717, 1.165) is 5.56 Å². The number of amides is 1. The predicted molar refractivity (Wildman–Crippen MR) is 71.8 cm³/mol. The zero-order valence-electron chi connectivity index (χ0n) is 10.5. The maximum atomic E-state index is 11.9. The number of benzene rings is 1. The van der Waals surface area contributed by atoms with Crippen molar-refractivity contribution in [1.82, 2.24) is 4.90 Å². The molecule has 0 aliphatic carbocycles. The molecule has 0 spiro atoms. The van der Waals surface area contributed by atoms with Crippen LogP contribution in [-0.2, 0) is 9.53 Å². The number of hydrogen-bond donors (Lipinski definition) is 1. The molecule has 19 heavy (non-hydrogen) atoms. The van der Waals surface area contributed by atoms with Crippen molar-refractivity contribution in [2.45, 2.75) is 6.10 Å². The molecule has 1 fully saturated rings. The van der Waals surface area contributed by atoms with Crippen molar-refractivity contribution >= 4 is 17.7 Å². The van der Waals surface area contributed by atoms with Crippen molar-refractivity contribution in [2.24, 2.45) is 0 Å². The lowest BCUT2D eigenvalue weighted by atomic mass is 10.2. The van der Waals surface area contributed by atoms with E-state index in [-0.39, 0.29) is 5.91 Å². The van der Waals surface area contributed by atoms with Crippen LogP contribution in [0.25, 0.3) is 6.08 Å². The number of nitriles is 1. The smallest absolute Gasteiger partial charge is 0.246 e. The maximum absolute atomic E-state index is 11.9. The first-order valence-electron chi connectivity index (χ1n) is 6.03. The molecule has 0 bridgehead atoms. The Hall–Kier alpha value is -2.32. The summed E-state index contributed by atoms with van der Waals surface area (Å²) >= 11 is 0. The summed E-state index contributed by atoms with van der Waals surface area (Å²) in [6.45, 7) is 1.24. The Balaban J connectivity index is 1.97. The van der Waals surface area contributed by atoms with Gasteiger partial charge in [0.05, 0.1) is 19.2 Å². The Morgan fingerprint density at radius 1 is 1.47 bits per heavy atom. The number of nitrogens with zero attached hydrogens (tertiary/aromatic N) is 2. The van der Waals surface area contributed by atoms with E-state index in [0.29, 0.717) is 25.4 Å². The van der Waals surface area contributed by atoms with Crippen LogP contribution in [0.5, 0.6) is 0 Å². The largest absolute Gasteiger partial charge is 0.399 e. The van der Waals surface area contributed by atoms with E-state index in [1.165, 1.54) is 6.08 Å². The van der Waals surface area contributed by atoms with Crippen LogP contribution in [0.4, 0.5) is 5.69 Å². The Labute approximate surface area is 111 Å². The van der Waals surface area contributed by atoms with Gasteiger partial charge in [-0.3, -0.25) is 4.79 Å². The standard InChI is InChI=1S/C14H15N3O2/c15-9-13-10-17(7-8-19-13)14(18)6-3-11-1-4-12(16)5-2-11/h1-6,13H,7-8,10,16H2/b6-3+. The maximum Gasteiger partial charge on any atom is 0.246 e. The minimum absolute atomic E-state index is 0.111. The third-order valence-electron chi connectivity index (χ3n) is 2.88. The summed E-state index contributed by atoms with van der Waals surface area (Å²) < 4.78 is 5.19. The van der Waals surface area contributed by atoms with Gasteiger partial charge in [-0.15, -0.1) is 0 Å². The third kappa shape index (κ3) is 3.57. The van der Waals surface area contributed by atoms with E-state index in [2.05, 4.69) is 0 Å². The molecule has 1 saturated heterocycles. The van der Waals surface area contributed by atoms with Crippen LogP contribution in [0.2, 0.25) is 0 Å². The third-order valence-corrected chi connectivity index (χ3v) is 2.88. The van der Waals surface area contributed by atoms with Crippen LogP contribution in [0.1, 0.15) is 5.56 Å². The molecule has 0 radical (unpaired) electrons. The number of ether oxygens (including phenoxy) is 1. The monoisotopic (exact) mass is 257 g/mol. The highest BCUT2D eigenvalue weighted by Crippen LogP contribution is 2.09. The van der Waals surface area contributed by atoms with E-state index >= 15 is 0 Å². The van der Waals surface area contributed by atoms with E-state index < -0.39 is 6.10 Å². The summed E-state index contributed by atoms with van der Waals surface area (Å²) in [5.74, 6) is -0.111. The first-order chi connectivity index (χ1) is 9.19. The normalized spacial score (nSPS) is 19.3. The molecule has 5 heteroatoms. The number of carbonyl (C=O) groups excluding carboxylic acids is 1. The van der Waals surface area contributed by atoms with Crippen LogP contribution in [0.3, 0.4) is 0 Å². The molecule has 1 amide bonds. The zero-order chi connectivity index (χ0) is 13.7. The van der Waals surface area contributed by atoms with Gasteiger partial charge < -0.3 is 15.4 Å². The highest BCUT2D eigenvalue weighted by atomic mass is 16.5. The molecule has 1 aliphatic rings. The second-order valence-corrected chi connectivity index (χ2v) is 4.27. The molecule has 2 rings (SSSR count). The topological polar surface area (TPSA) is 79.4 Å². The highest BCUT2D eigenvalue weighted by molar-refractivity contribution is 5.91. The predicted octanol–water partition coefficient (Wildman–Crippen LogP) is 1.03. The van der Waals surface area contributed by atoms with Gasteiger partial charge in [0, 0.05) is 18.3 Å². The fraction of sp³-hybridized carbons (Fsp3) is 0.286. The molecule has 1 aromatic rings. The van der Waals surface area contributed by atoms with Crippen molar-refractivity contribution in [1.29, 1.82) is 5.26 Å². The molecule has 0 aromatic heterocycles. The Kier molecular flexibility index (Phi) is 4.16. The van der Waals surface area contributed by atoms with Gasteiger partial charge in [0.2, 0.25) is 5.91 Å². The van der Waals surface area contributed by atoms with Crippen molar-refractivity contribution in [3.8, 4) is 6.07 Å². The average molecular weight is 257 g/mol. The molecule has 98 valence electrons. The SMILES string of the molecule is N#CC1CN(C(=O)/C=C/c2ccc(N)cc2)CCO1. The first kappa shape index (κ1) is 13.1. The second-order valence-electron chi connectivity index (χ2n) is 4.27. The second kappa shape index (κ2) is 6.03. The van der Waals surface area contributed by atoms with Gasteiger partial charge in [-0.2, -0.15) is 5.26 Å². The fourth-order valence-electron chi connectivity index (χ4n) is 1.81. The molecular formula is C14H15N3O2. The van der Waals surface area contributed by atoms with Crippen molar-refractivity contribution < 1.29 is 9.53 Å². The summed E-state index contributed by atoms with van der Waals surface area (Å²) in [4.78, 5) is 13.6. The summed E-state index contributed by atoms with van der Waals surface area (Å²) in [6.07, 6.45) is 2.71. The van der Waals surface area contributed by atoms with Gasteiger partial charge in [0.15, 0.2) is 6.10 Å². The number of anilines is 1. The summed E-state index contributed by atoms with van der Waals surface area (Å²) in [5.41, 5.74) is 7.18. The molecular weight excluding hydrogens is 242 g/mol. The Bertz CT molecular complexity index is 516. The van der Waals surface area contributed by atoms with Crippen molar-refractivity contribution in [3.05, 3.63) is 35.9 Å². The fourth-order valence-corrected chi connectivity index (χ4v) is 1.81. The summed E-state index contributed by atoms with van der Waals surface area (Å²) in [7, 11) is 0. The average Bonchev–Trinajstić information content (AvgIpc) is 2.46. The lowest BCUT2D eigenvalue weighted by Crippen LogP contribution is -2.44. The Morgan fingerprint density at radius 3 is 2.89 bits per heavy atom. The molecule has 0 saturated carbocycles. The number of nitrogens with two attached hydrogens (primary N) is 1. The zero-order valence-corrected chi connectivity index (χ0v) is 10.5.